The molecule has 1 aromatic carbocycles. The van der Waals surface area contributed by atoms with Crippen LogP contribution in [0, 0.1) is 13.8 Å². The van der Waals surface area contributed by atoms with Gasteiger partial charge in [-0.05, 0) is 49.1 Å². The monoisotopic (exact) mass is 284 g/mol. The molecule has 2 nitrogen and oxygen atoms in total. The molecule has 110 valence electrons. The summed E-state index contributed by atoms with van der Waals surface area (Å²) in [6.45, 7) is 9.42. The number of nitrogens with one attached hydrogen (secondary N) is 1. The van der Waals surface area contributed by atoms with E-state index in [-0.39, 0.29) is 6.67 Å². The van der Waals surface area contributed by atoms with Crippen LogP contribution in [0.2, 0.25) is 0 Å². The number of hydrogen-bond donors (Lipinski definition) is 1. The van der Waals surface area contributed by atoms with Crippen LogP contribution in [0.1, 0.15) is 23.6 Å². The van der Waals surface area contributed by atoms with E-state index in [1.54, 1.807) is 0 Å². The zero-order chi connectivity index (χ0) is 15.4. The number of allylic oxidation sites excluding steroid dienone is 1. The first-order valence-electron chi connectivity index (χ1n) is 7.06. The third-order valence-electron chi connectivity index (χ3n) is 3.46. The Morgan fingerprint density at radius 2 is 1.95 bits per heavy atom. The highest BCUT2D eigenvalue weighted by atomic mass is 19.1. The van der Waals surface area contributed by atoms with Gasteiger partial charge < -0.3 is 5.32 Å². The molecular formula is C18H21FN2. The van der Waals surface area contributed by atoms with Crippen LogP contribution in [-0.2, 0) is 6.42 Å². The number of nitrogens with zero attached hydrogens (tertiary/aromatic N) is 1. The zero-order valence-electron chi connectivity index (χ0n) is 12.8. The van der Waals surface area contributed by atoms with Gasteiger partial charge in [-0.15, -0.1) is 0 Å². The minimum absolute atomic E-state index is 0.330. The highest BCUT2D eigenvalue weighted by molar-refractivity contribution is 5.67. The molecule has 0 spiro atoms. The second-order valence-electron chi connectivity index (χ2n) is 5.38. The first-order chi connectivity index (χ1) is 10.0. The van der Waals surface area contributed by atoms with Gasteiger partial charge in [0.15, 0.2) is 0 Å². The van der Waals surface area contributed by atoms with Crippen LogP contribution >= 0.6 is 0 Å². The van der Waals surface area contributed by atoms with Gasteiger partial charge in [-0.2, -0.15) is 0 Å². The van der Waals surface area contributed by atoms with Gasteiger partial charge in [0.05, 0.1) is 6.67 Å². The summed E-state index contributed by atoms with van der Waals surface area (Å²) in [4.78, 5) is 4.45. The Labute approximate surface area is 125 Å². The van der Waals surface area contributed by atoms with Crippen molar-refractivity contribution in [2.24, 2.45) is 0 Å². The molecule has 0 aliphatic carbocycles. The van der Waals surface area contributed by atoms with E-state index in [0.29, 0.717) is 6.42 Å². The normalized spacial score (nSPS) is 10.5. The topological polar surface area (TPSA) is 24.9 Å². The van der Waals surface area contributed by atoms with Gasteiger partial charge in [0.25, 0.3) is 0 Å². The van der Waals surface area contributed by atoms with E-state index < -0.39 is 0 Å². The van der Waals surface area contributed by atoms with E-state index >= 15 is 0 Å². The molecule has 0 fully saturated rings. The average Bonchev–Trinajstić information content (AvgIpc) is 2.43. The molecule has 1 aromatic heterocycles. The van der Waals surface area contributed by atoms with Crippen LogP contribution in [0.5, 0.6) is 0 Å². The average molecular weight is 284 g/mol. The largest absolute Gasteiger partial charge is 0.344 e. The zero-order valence-corrected chi connectivity index (χ0v) is 12.8. The van der Waals surface area contributed by atoms with Crippen molar-refractivity contribution in [1.29, 1.82) is 0 Å². The number of aryl methyl sites for hydroxylation is 3. The van der Waals surface area contributed by atoms with Gasteiger partial charge >= 0.3 is 0 Å². The maximum absolute atomic E-state index is 12.6. The van der Waals surface area contributed by atoms with Crippen molar-refractivity contribution < 1.29 is 4.39 Å². The number of aromatic nitrogens is 1. The predicted molar refractivity (Wildman–Crippen MR) is 87.3 cm³/mol. The molecule has 0 saturated carbocycles. The lowest BCUT2D eigenvalue weighted by Crippen LogP contribution is -1.99. The van der Waals surface area contributed by atoms with Crippen LogP contribution in [0.3, 0.4) is 0 Å². The lowest BCUT2D eigenvalue weighted by molar-refractivity contribution is 0.495. The van der Waals surface area contributed by atoms with Crippen molar-refractivity contribution in [3.05, 3.63) is 59.4 Å². The molecule has 3 heteroatoms. The van der Waals surface area contributed by atoms with Gasteiger partial charge in [0, 0.05) is 23.9 Å². The Hall–Kier alpha value is -2.16. The molecule has 0 aliphatic rings. The molecular weight excluding hydrogens is 263 g/mol. The Kier molecular flexibility index (Phi) is 4.73. The highest BCUT2D eigenvalue weighted by Crippen LogP contribution is 2.25. The Morgan fingerprint density at radius 1 is 1.19 bits per heavy atom. The summed E-state index contributed by atoms with van der Waals surface area (Å²) < 4.78 is 12.6. The lowest BCUT2D eigenvalue weighted by atomic mass is 9.98. The molecule has 0 saturated heterocycles. The van der Waals surface area contributed by atoms with Gasteiger partial charge in [-0.3, -0.25) is 4.39 Å². The van der Waals surface area contributed by atoms with Gasteiger partial charge in [-0.25, -0.2) is 4.98 Å². The molecule has 0 amide bonds. The van der Waals surface area contributed by atoms with Crippen molar-refractivity contribution in [1.82, 2.24) is 4.98 Å². The number of alkyl halides is 1. The van der Waals surface area contributed by atoms with Crippen LogP contribution in [0.25, 0.3) is 11.1 Å². The minimum Gasteiger partial charge on any atom is -0.344 e. The Balaban J connectivity index is 2.36. The molecule has 21 heavy (non-hydrogen) atoms. The van der Waals surface area contributed by atoms with E-state index in [1.807, 2.05) is 33.0 Å². The number of pyridine rings is 1. The molecule has 0 radical (unpaired) electrons. The van der Waals surface area contributed by atoms with Crippen LogP contribution in [-0.4, -0.2) is 11.7 Å². The number of anilines is 1. The van der Waals surface area contributed by atoms with Crippen molar-refractivity contribution in [3.8, 4) is 11.1 Å². The van der Waals surface area contributed by atoms with Crippen molar-refractivity contribution >= 4 is 5.82 Å². The van der Waals surface area contributed by atoms with Crippen molar-refractivity contribution in [2.45, 2.75) is 27.2 Å². The number of hydrogen-bond acceptors (Lipinski definition) is 2. The standard InChI is InChI=1S/C18H21FN2/c1-12(2)21-18-14(4)9-17(11-20-18)16-6-5-13(3)15(10-16)7-8-19/h5-6,9-11H,1,7-8H2,2-4H3,(H,20,21). The van der Waals surface area contributed by atoms with Gasteiger partial charge in [0.2, 0.25) is 0 Å². The predicted octanol–water partition coefficient (Wildman–Crippen LogP) is 4.82. The quantitative estimate of drug-likeness (QED) is 0.851. The summed E-state index contributed by atoms with van der Waals surface area (Å²) in [6.07, 6.45) is 2.30. The first-order valence-corrected chi connectivity index (χ1v) is 7.06. The van der Waals surface area contributed by atoms with E-state index in [1.165, 1.54) is 0 Å². The smallest absolute Gasteiger partial charge is 0.132 e. The van der Waals surface area contributed by atoms with Crippen LogP contribution in [0.15, 0.2) is 42.7 Å². The van der Waals surface area contributed by atoms with E-state index in [2.05, 4.69) is 35.1 Å². The fourth-order valence-electron chi connectivity index (χ4n) is 2.29. The molecule has 0 atom stereocenters. The molecule has 0 bridgehead atoms. The molecule has 0 aliphatic heterocycles. The number of benzene rings is 1. The maximum Gasteiger partial charge on any atom is 0.132 e. The lowest BCUT2D eigenvalue weighted by Gasteiger charge is -2.11. The third kappa shape index (κ3) is 3.69. The van der Waals surface area contributed by atoms with Gasteiger partial charge in [-0.1, -0.05) is 24.8 Å². The first kappa shape index (κ1) is 15.2. The molecule has 0 unspecified atom stereocenters. The summed E-state index contributed by atoms with van der Waals surface area (Å²) in [5.74, 6) is 0.822. The maximum atomic E-state index is 12.6. The second-order valence-corrected chi connectivity index (χ2v) is 5.38. The fourth-order valence-corrected chi connectivity index (χ4v) is 2.29. The number of rotatable bonds is 5. The van der Waals surface area contributed by atoms with E-state index in [0.717, 1.165) is 39.3 Å². The fraction of sp³-hybridized carbons (Fsp3) is 0.278. The Morgan fingerprint density at radius 3 is 2.57 bits per heavy atom. The van der Waals surface area contributed by atoms with Crippen LogP contribution < -0.4 is 5.32 Å². The third-order valence-corrected chi connectivity index (χ3v) is 3.46. The molecule has 2 rings (SSSR count). The summed E-state index contributed by atoms with van der Waals surface area (Å²) in [5, 5.41) is 3.14. The minimum atomic E-state index is -0.330. The molecule has 1 N–H and O–H groups in total. The van der Waals surface area contributed by atoms with Crippen LogP contribution in [0.4, 0.5) is 10.2 Å². The summed E-state index contributed by atoms with van der Waals surface area (Å²) >= 11 is 0. The summed E-state index contributed by atoms with van der Waals surface area (Å²) in [6, 6.07) is 8.23. The molecule has 1 heterocycles. The van der Waals surface area contributed by atoms with Gasteiger partial charge in [0.1, 0.15) is 5.82 Å². The summed E-state index contributed by atoms with van der Waals surface area (Å²) in [7, 11) is 0. The summed E-state index contributed by atoms with van der Waals surface area (Å²) in [5.41, 5.74) is 6.21. The van der Waals surface area contributed by atoms with Crippen molar-refractivity contribution in [2.75, 3.05) is 12.0 Å². The Bertz CT molecular complexity index is 662. The SMILES string of the molecule is C=C(C)Nc1ncc(-c2ccc(C)c(CCF)c2)cc1C. The molecule has 2 aromatic rings. The van der Waals surface area contributed by atoms with E-state index in [9.17, 15) is 4.39 Å². The number of halogens is 1. The van der Waals surface area contributed by atoms with E-state index in [4.69, 9.17) is 0 Å². The second kappa shape index (κ2) is 6.53. The highest BCUT2D eigenvalue weighted by Gasteiger charge is 2.06. The van der Waals surface area contributed by atoms with Crippen molar-refractivity contribution in [3.63, 3.8) is 0 Å².